The van der Waals surface area contributed by atoms with Crippen molar-refractivity contribution in [3.63, 3.8) is 0 Å². The van der Waals surface area contributed by atoms with Gasteiger partial charge in [0.25, 0.3) is 11.6 Å². The number of nitro benzene ring substituents is 1. The van der Waals surface area contributed by atoms with Gasteiger partial charge in [0.05, 0.1) is 10.5 Å². The summed E-state index contributed by atoms with van der Waals surface area (Å²) in [6.07, 6.45) is 1.92. The van der Waals surface area contributed by atoms with Gasteiger partial charge >= 0.3 is 5.97 Å². The summed E-state index contributed by atoms with van der Waals surface area (Å²) in [6.45, 7) is 3.00. The lowest BCUT2D eigenvalue weighted by Gasteiger charge is -2.09. The molecule has 0 fully saturated rings. The zero-order chi connectivity index (χ0) is 19.3. The quantitative estimate of drug-likeness (QED) is 0.358. The van der Waals surface area contributed by atoms with Crippen molar-refractivity contribution in [3.05, 3.63) is 63.2 Å². The third-order valence-electron chi connectivity index (χ3n) is 3.74. The Bertz CT molecular complexity index is 849. The highest BCUT2D eigenvalue weighted by Crippen LogP contribution is 2.27. The highest BCUT2D eigenvalue weighted by molar-refractivity contribution is 7.98. The standard InChI is InChI=1S/C18H18N2O5S/c1-11-8-15(16(20(23)24)9-12(11)2)19-17(21)10-25-18(22)13-4-6-14(26-3)7-5-13/h4-9H,10H2,1-3H3,(H,19,21). The van der Waals surface area contributed by atoms with Crippen LogP contribution in [-0.2, 0) is 9.53 Å². The molecule has 2 rings (SSSR count). The molecule has 8 heteroatoms. The third-order valence-corrected chi connectivity index (χ3v) is 4.49. The lowest BCUT2D eigenvalue weighted by atomic mass is 10.1. The van der Waals surface area contributed by atoms with Crippen molar-refractivity contribution in [1.82, 2.24) is 0 Å². The highest BCUT2D eigenvalue weighted by atomic mass is 32.2. The Morgan fingerprint density at radius 2 is 1.77 bits per heavy atom. The van der Waals surface area contributed by atoms with Crippen LogP contribution in [0, 0.1) is 24.0 Å². The van der Waals surface area contributed by atoms with Crippen LogP contribution in [0.5, 0.6) is 0 Å². The molecule has 0 saturated carbocycles. The van der Waals surface area contributed by atoms with Crippen molar-refractivity contribution in [2.75, 3.05) is 18.2 Å². The Morgan fingerprint density at radius 1 is 1.15 bits per heavy atom. The molecule has 0 aromatic heterocycles. The lowest BCUT2D eigenvalue weighted by Crippen LogP contribution is -2.21. The molecule has 26 heavy (non-hydrogen) atoms. The minimum atomic E-state index is -0.648. The molecule has 0 radical (unpaired) electrons. The van der Waals surface area contributed by atoms with E-state index in [4.69, 9.17) is 4.74 Å². The Hall–Kier alpha value is -2.87. The maximum atomic E-state index is 12.0. The average molecular weight is 374 g/mol. The van der Waals surface area contributed by atoms with Crippen LogP contribution in [0.15, 0.2) is 41.3 Å². The van der Waals surface area contributed by atoms with Gasteiger partial charge in [-0.15, -0.1) is 11.8 Å². The van der Waals surface area contributed by atoms with Gasteiger partial charge in [0.15, 0.2) is 6.61 Å². The summed E-state index contributed by atoms with van der Waals surface area (Å²) in [6, 6.07) is 9.69. The molecule has 7 nitrogen and oxygen atoms in total. The van der Waals surface area contributed by atoms with E-state index in [2.05, 4.69) is 5.32 Å². The minimum absolute atomic E-state index is 0.0727. The van der Waals surface area contributed by atoms with Gasteiger partial charge < -0.3 is 10.1 Å². The Kier molecular flexibility index (Phi) is 6.35. The van der Waals surface area contributed by atoms with Gasteiger partial charge in [-0.1, -0.05) is 0 Å². The Balaban J connectivity index is 2.01. The second kappa shape index (κ2) is 8.48. The molecule has 0 aliphatic heterocycles. The molecule has 1 amide bonds. The molecule has 0 unspecified atom stereocenters. The summed E-state index contributed by atoms with van der Waals surface area (Å²) in [5.41, 5.74) is 1.74. The van der Waals surface area contributed by atoms with Crippen molar-refractivity contribution >= 4 is 35.0 Å². The number of esters is 1. The number of rotatable bonds is 6. The van der Waals surface area contributed by atoms with Crippen molar-refractivity contribution < 1.29 is 19.2 Å². The number of thioether (sulfide) groups is 1. The van der Waals surface area contributed by atoms with Crippen LogP contribution in [0.2, 0.25) is 0 Å². The second-order valence-corrected chi connectivity index (χ2v) is 6.44. The number of nitro groups is 1. The highest BCUT2D eigenvalue weighted by Gasteiger charge is 2.18. The van der Waals surface area contributed by atoms with E-state index in [-0.39, 0.29) is 11.4 Å². The van der Waals surface area contributed by atoms with E-state index < -0.39 is 23.4 Å². The smallest absolute Gasteiger partial charge is 0.338 e. The van der Waals surface area contributed by atoms with Crippen molar-refractivity contribution in [2.24, 2.45) is 0 Å². The van der Waals surface area contributed by atoms with Gasteiger partial charge in [0, 0.05) is 11.0 Å². The number of aryl methyl sites for hydroxylation is 2. The number of anilines is 1. The Labute approximate surface area is 154 Å². The fourth-order valence-electron chi connectivity index (χ4n) is 2.18. The van der Waals surface area contributed by atoms with Crippen molar-refractivity contribution in [1.29, 1.82) is 0 Å². The Morgan fingerprint density at radius 3 is 2.35 bits per heavy atom. The van der Waals surface area contributed by atoms with Gasteiger partial charge in [-0.05, 0) is 61.6 Å². The number of carbonyl (C=O) groups is 2. The first-order valence-electron chi connectivity index (χ1n) is 7.68. The van der Waals surface area contributed by atoms with E-state index in [1.165, 1.54) is 12.1 Å². The molecule has 0 aliphatic carbocycles. The maximum Gasteiger partial charge on any atom is 0.338 e. The van der Waals surface area contributed by atoms with Crippen LogP contribution < -0.4 is 5.32 Å². The van der Waals surface area contributed by atoms with Crippen LogP contribution >= 0.6 is 11.8 Å². The number of nitrogens with one attached hydrogen (secondary N) is 1. The third kappa shape index (κ3) is 4.82. The molecule has 2 aromatic carbocycles. The first-order valence-corrected chi connectivity index (χ1v) is 8.91. The number of hydrogen-bond donors (Lipinski definition) is 1. The van der Waals surface area contributed by atoms with E-state index in [0.717, 1.165) is 16.0 Å². The predicted octanol–water partition coefficient (Wildman–Crippen LogP) is 3.73. The fourth-order valence-corrected chi connectivity index (χ4v) is 2.59. The second-order valence-electron chi connectivity index (χ2n) is 5.56. The number of ether oxygens (including phenoxy) is 1. The van der Waals surface area contributed by atoms with Crippen molar-refractivity contribution in [2.45, 2.75) is 18.7 Å². The van der Waals surface area contributed by atoms with Gasteiger partial charge in [-0.25, -0.2) is 4.79 Å². The number of carbonyl (C=O) groups excluding carboxylic acids is 2. The number of benzene rings is 2. The topological polar surface area (TPSA) is 98.5 Å². The van der Waals surface area contributed by atoms with E-state index in [9.17, 15) is 19.7 Å². The first-order chi connectivity index (χ1) is 12.3. The average Bonchev–Trinajstić information content (AvgIpc) is 2.62. The zero-order valence-electron chi connectivity index (χ0n) is 14.6. The fraction of sp³-hybridized carbons (Fsp3) is 0.222. The molecule has 2 aromatic rings. The van der Waals surface area contributed by atoms with Crippen LogP contribution in [0.1, 0.15) is 21.5 Å². The van der Waals surface area contributed by atoms with Crippen LogP contribution in [0.4, 0.5) is 11.4 Å². The SMILES string of the molecule is CSc1ccc(C(=O)OCC(=O)Nc2cc(C)c(C)cc2[N+](=O)[O-])cc1. The van der Waals surface area contributed by atoms with Crippen LogP contribution in [0.3, 0.4) is 0 Å². The normalized spacial score (nSPS) is 10.3. The zero-order valence-corrected chi connectivity index (χ0v) is 15.4. The molecular weight excluding hydrogens is 356 g/mol. The molecule has 0 heterocycles. The summed E-state index contributed by atoms with van der Waals surface area (Å²) >= 11 is 1.54. The van der Waals surface area contributed by atoms with E-state index >= 15 is 0 Å². The number of amides is 1. The monoisotopic (exact) mass is 374 g/mol. The first kappa shape index (κ1) is 19.5. The molecule has 0 atom stereocenters. The summed E-state index contributed by atoms with van der Waals surface area (Å²) in [5, 5.41) is 13.6. The number of hydrogen-bond acceptors (Lipinski definition) is 6. The molecule has 0 saturated heterocycles. The molecule has 0 aliphatic rings. The molecule has 1 N–H and O–H groups in total. The molecule has 0 bridgehead atoms. The summed E-state index contributed by atoms with van der Waals surface area (Å²) in [5.74, 6) is -1.28. The minimum Gasteiger partial charge on any atom is -0.452 e. The predicted molar refractivity (Wildman–Crippen MR) is 99.7 cm³/mol. The maximum absolute atomic E-state index is 12.0. The summed E-state index contributed by atoms with van der Waals surface area (Å²) in [4.78, 5) is 35.5. The largest absolute Gasteiger partial charge is 0.452 e. The van der Waals surface area contributed by atoms with Gasteiger partial charge in [0.2, 0.25) is 0 Å². The molecule has 136 valence electrons. The van der Waals surface area contributed by atoms with Gasteiger partial charge in [0.1, 0.15) is 5.69 Å². The van der Waals surface area contributed by atoms with E-state index in [1.807, 2.05) is 6.26 Å². The molecule has 0 spiro atoms. The van der Waals surface area contributed by atoms with E-state index in [1.54, 1.807) is 49.9 Å². The van der Waals surface area contributed by atoms with Crippen LogP contribution in [0.25, 0.3) is 0 Å². The van der Waals surface area contributed by atoms with Gasteiger partial charge in [-0.2, -0.15) is 0 Å². The lowest BCUT2D eigenvalue weighted by molar-refractivity contribution is -0.384. The van der Waals surface area contributed by atoms with Gasteiger partial charge in [-0.3, -0.25) is 14.9 Å². The van der Waals surface area contributed by atoms with Crippen molar-refractivity contribution in [3.8, 4) is 0 Å². The van der Waals surface area contributed by atoms with E-state index in [0.29, 0.717) is 5.56 Å². The van der Waals surface area contributed by atoms with Crippen LogP contribution in [-0.4, -0.2) is 29.7 Å². The summed E-state index contributed by atoms with van der Waals surface area (Å²) < 4.78 is 4.96. The molecular formula is C18H18N2O5S. The number of nitrogens with zero attached hydrogens (tertiary/aromatic N) is 1. The summed E-state index contributed by atoms with van der Waals surface area (Å²) in [7, 11) is 0.